The second-order valence-electron chi connectivity index (χ2n) is 7.20. The highest BCUT2D eigenvalue weighted by atomic mass is 32.2. The summed E-state index contributed by atoms with van der Waals surface area (Å²) in [6.07, 6.45) is 1.08. The molecular formula is C25H27NOS2. The standard InChI is InChI=1S/C25H27NOS2/c1-4-10-21(11-5-1)18-26-19-28-24(29-20-26)16-17-27-25(22-12-6-2-7-13-22)23-14-8-3-9-15-23/h1-15,24-25H,16-20H2. The van der Waals surface area contributed by atoms with Crippen molar-refractivity contribution in [2.45, 2.75) is 23.7 Å². The van der Waals surface area contributed by atoms with E-state index in [-0.39, 0.29) is 6.10 Å². The average molecular weight is 422 g/mol. The molecule has 4 heteroatoms. The fourth-order valence-electron chi connectivity index (χ4n) is 3.48. The third kappa shape index (κ3) is 6.13. The fraction of sp³-hybridized carbons (Fsp3) is 0.280. The van der Waals surface area contributed by atoms with E-state index in [1.807, 2.05) is 23.5 Å². The number of hydrogen-bond acceptors (Lipinski definition) is 4. The quantitative estimate of drug-likeness (QED) is 0.417. The van der Waals surface area contributed by atoms with Crippen molar-refractivity contribution in [3.05, 3.63) is 108 Å². The number of benzene rings is 3. The van der Waals surface area contributed by atoms with Gasteiger partial charge in [0.25, 0.3) is 0 Å². The van der Waals surface area contributed by atoms with Gasteiger partial charge in [0.05, 0.1) is 4.58 Å². The average Bonchev–Trinajstić information content (AvgIpc) is 2.80. The molecule has 3 aromatic rings. The van der Waals surface area contributed by atoms with Gasteiger partial charge >= 0.3 is 0 Å². The molecule has 1 aliphatic rings. The molecule has 1 aliphatic heterocycles. The predicted octanol–water partition coefficient (Wildman–Crippen LogP) is 6.41. The van der Waals surface area contributed by atoms with Crippen LogP contribution in [0.5, 0.6) is 0 Å². The molecule has 0 atom stereocenters. The number of hydrogen-bond donors (Lipinski definition) is 0. The van der Waals surface area contributed by atoms with Crippen LogP contribution in [-0.4, -0.2) is 27.8 Å². The molecule has 0 aromatic heterocycles. The van der Waals surface area contributed by atoms with Gasteiger partial charge in [0, 0.05) is 24.9 Å². The molecule has 0 aliphatic carbocycles. The Balaban J connectivity index is 1.26. The van der Waals surface area contributed by atoms with Crippen LogP contribution in [-0.2, 0) is 11.3 Å². The molecule has 0 unspecified atom stereocenters. The number of rotatable bonds is 8. The molecule has 1 heterocycles. The van der Waals surface area contributed by atoms with Crippen LogP contribution in [0.1, 0.15) is 29.2 Å². The summed E-state index contributed by atoms with van der Waals surface area (Å²) in [4.78, 5) is 2.51. The maximum Gasteiger partial charge on any atom is 0.108 e. The smallest absolute Gasteiger partial charge is 0.108 e. The van der Waals surface area contributed by atoms with Gasteiger partial charge in [-0.25, -0.2) is 0 Å². The van der Waals surface area contributed by atoms with Gasteiger partial charge in [0.2, 0.25) is 0 Å². The molecule has 0 amide bonds. The van der Waals surface area contributed by atoms with Gasteiger partial charge < -0.3 is 4.74 Å². The molecule has 29 heavy (non-hydrogen) atoms. The van der Waals surface area contributed by atoms with Gasteiger partial charge in [-0.3, -0.25) is 4.90 Å². The minimum Gasteiger partial charge on any atom is -0.369 e. The van der Waals surface area contributed by atoms with Crippen molar-refractivity contribution in [3.63, 3.8) is 0 Å². The molecule has 2 nitrogen and oxygen atoms in total. The van der Waals surface area contributed by atoms with E-state index in [1.165, 1.54) is 16.7 Å². The van der Waals surface area contributed by atoms with Crippen LogP contribution in [0.2, 0.25) is 0 Å². The van der Waals surface area contributed by atoms with Gasteiger partial charge in [0.15, 0.2) is 0 Å². The highest BCUT2D eigenvalue weighted by Crippen LogP contribution is 2.35. The Bertz CT molecular complexity index is 797. The van der Waals surface area contributed by atoms with Crippen LogP contribution in [0.25, 0.3) is 0 Å². The van der Waals surface area contributed by atoms with Gasteiger partial charge in [0.1, 0.15) is 6.10 Å². The molecular weight excluding hydrogens is 394 g/mol. The molecule has 1 fully saturated rings. The van der Waals surface area contributed by atoms with E-state index in [9.17, 15) is 0 Å². The minimum absolute atomic E-state index is 0.00516. The SMILES string of the molecule is c1ccc(CN2CSC(CCOC(c3ccccc3)c3ccccc3)SC2)cc1. The maximum absolute atomic E-state index is 6.40. The van der Waals surface area contributed by atoms with E-state index in [1.54, 1.807) is 0 Å². The number of thioether (sulfide) groups is 2. The lowest BCUT2D eigenvalue weighted by molar-refractivity contribution is 0.0802. The zero-order valence-electron chi connectivity index (χ0n) is 16.5. The minimum atomic E-state index is 0.00516. The Hall–Kier alpha value is -1.72. The lowest BCUT2D eigenvalue weighted by Gasteiger charge is -2.31. The van der Waals surface area contributed by atoms with Gasteiger partial charge in [-0.1, -0.05) is 91.0 Å². The monoisotopic (exact) mass is 421 g/mol. The second kappa shape index (κ2) is 10.9. The van der Waals surface area contributed by atoms with E-state index in [0.717, 1.165) is 31.3 Å². The summed E-state index contributed by atoms with van der Waals surface area (Å²) < 4.78 is 7.00. The summed E-state index contributed by atoms with van der Waals surface area (Å²) in [6, 6.07) is 31.8. The zero-order valence-corrected chi connectivity index (χ0v) is 18.2. The van der Waals surface area contributed by atoms with E-state index in [2.05, 4.69) is 95.9 Å². The zero-order chi connectivity index (χ0) is 19.7. The molecule has 150 valence electrons. The lowest BCUT2D eigenvalue weighted by atomic mass is 10.0. The molecule has 3 aromatic carbocycles. The summed E-state index contributed by atoms with van der Waals surface area (Å²) in [5.74, 6) is 2.18. The van der Waals surface area contributed by atoms with Crippen molar-refractivity contribution in [2.75, 3.05) is 18.4 Å². The van der Waals surface area contributed by atoms with Crippen molar-refractivity contribution in [3.8, 4) is 0 Å². The molecule has 4 rings (SSSR count). The Morgan fingerprint density at radius 3 is 1.83 bits per heavy atom. The first kappa shape index (κ1) is 20.5. The van der Waals surface area contributed by atoms with Crippen molar-refractivity contribution < 1.29 is 4.74 Å². The lowest BCUT2D eigenvalue weighted by Crippen LogP contribution is -2.29. The summed E-state index contributed by atoms with van der Waals surface area (Å²) >= 11 is 4.09. The summed E-state index contributed by atoms with van der Waals surface area (Å²) in [7, 11) is 0. The van der Waals surface area contributed by atoms with Crippen LogP contribution in [0.4, 0.5) is 0 Å². The van der Waals surface area contributed by atoms with Crippen LogP contribution in [0, 0.1) is 0 Å². The molecule has 0 saturated carbocycles. The van der Waals surface area contributed by atoms with Crippen molar-refractivity contribution in [1.29, 1.82) is 0 Å². The highest BCUT2D eigenvalue weighted by Gasteiger charge is 2.21. The third-order valence-electron chi connectivity index (χ3n) is 4.98. The Labute approximate surface area is 182 Å². The first-order valence-corrected chi connectivity index (χ1v) is 12.2. The van der Waals surface area contributed by atoms with E-state index in [4.69, 9.17) is 4.74 Å². The molecule has 1 saturated heterocycles. The largest absolute Gasteiger partial charge is 0.369 e. The molecule has 0 spiro atoms. The third-order valence-corrected chi connectivity index (χ3v) is 8.04. The topological polar surface area (TPSA) is 12.5 Å². The summed E-state index contributed by atoms with van der Waals surface area (Å²) in [5, 5.41) is 0. The predicted molar refractivity (Wildman–Crippen MR) is 126 cm³/mol. The van der Waals surface area contributed by atoms with Crippen molar-refractivity contribution in [2.24, 2.45) is 0 Å². The Morgan fingerprint density at radius 1 is 0.759 bits per heavy atom. The summed E-state index contributed by atoms with van der Waals surface area (Å²) in [6.45, 7) is 1.81. The highest BCUT2D eigenvalue weighted by molar-refractivity contribution is 8.17. The van der Waals surface area contributed by atoms with Gasteiger partial charge in [-0.05, 0) is 23.1 Å². The fourth-order valence-corrected chi connectivity index (χ4v) is 6.00. The van der Waals surface area contributed by atoms with Crippen LogP contribution in [0.3, 0.4) is 0 Å². The van der Waals surface area contributed by atoms with Crippen LogP contribution < -0.4 is 0 Å². The van der Waals surface area contributed by atoms with E-state index < -0.39 is 0 Å². The Morgan fingerprint density at radius 2 is 1.28 bits per heavy atom. The van der Waals surface area contributed by atoms with Crippen molar-refractivity contribution >= 4 is 23.5 Å². The second-order valence-corrected chi connectivity index (χ2v) is 9.82. The Kier molecular flexibility index (Phi) is 7.71. The van der Waals surface area contributed by atoms with Gasteiger partial charge in [-0.2, -0.15) is 0 Å². The normalized spacial score (nSPS) is 15.6. The van der Waals surface area contributed by atoms with E-state index in [0.29, 0.717) is 4.58 Å². The maximum atomic E-state index is 6.40. The van der Waals surface area contributed by atoms with Crippen LogP contribution >= 0.6 is 23.5 Å². The van der Waals surface area contributed by atoms with Crippen LogP contribution in [0.15, 0.2) is 91.0 Å². The summed E-state index contributed by atoms with van der Waals surface area (Å²) in [5.41, 5.74) is 3.83. The molecule has 0 N–H and O–H groups in total. The number of ether oxygens (including phenoxy) is 1. The first-order chi connectivity index (χ1) is 14.4. The van der Waals surface area contributed by atoms with E-state index >= 15 is 0 Å². The number of nitrogens with zero attached hydrogens (tertiary/aromatic N) is 1. The molecule has 0 radical (unpaired) electrons. The van der Waals surface area contributed by atoms with Gasteiger partial charge in [-0.15, -0.1) is 23.5 Å². The molecule has 0 bridgehead atoms. The first-order valence-electron chi connectivity index (χ1n) is 10.1. The van der Waals surface area contributed by atoms with Crippen molar-refractivity contribution in [1.82, 2.24) is 4.90 Å².